The standard InChI is InChI=1S/C10H24NO3Si/c1-4-12-15(13-5-2,14-6-3)10-8-7-9-11/h9H,4-8,10-11H2,1-3H3. The van der Waals surface area contributed by atoms with Crippen molar-refractivity contribution < 1.29 is 13.3 Å². The third-order valence-corrected chi connectivity index (χ3v) is 5.10. The van der Waals surface area contributed by atoms with Crippen LogP contribution >= 0.6 is 0 Å². The first kappa shape index (κ1) is 15.1. The van der Waals surface area contributed by atoms with Crippen LogP contribution in [0.2, 0.25) is 6.04 Å². The molecule has 0 rings (SSSR count). The lowest BCUT2D eigenvalue weighted by Gasteiger charge is -2.28. The molecule has 4 nitrogen and oxygen atoms in total. The van der Waals surface area contributed by atoms with Crippen molar-refractivity contribution in [2.45, 2.75) is 39.7 Å². The highest BCUT2D eigenvalue weighted by Gasteiger charge is 2.39. The van der Waals surface area contributed by atoms with E-state index in [9.17, 15) is 0 Å². The Morgan fingerprint density at radius 2 is 1.47 bits per heavy atom. The van der Waals surface area contributed by atoms with Gasteiger partial charge in [0.1, 0.15) is 0 Å². The van der Waals surface area contributed by atoms with Crippen molar-refractivity contribution in [3.05, 3.63) is 6.54 Å². The molecule has 2 N–H and O–H groups in total. The van der Waals surface area contributed by atoms with E-state index in [1.165, 1.54) is 0 Å². The summed E-state index contributed by atoms with van der Waals surface area (Å²) in [6.07, 6.45) is 1.84. The van der Waals surface area contributed by atoms with Crippen molar-refractivity contribution in [3.8, 4) is 0 Å². The lowest BCUT2D eigenvalue weighted by atomic mass is 10.3. The molecular formula is C10H24NO3Si. The van der Waals surface area contributed by atoms with Gasteiger partial charge in [-0.25, -0.2) is 0 Å². The van der Waals surface area contributed by atoms with Gasteiger partial charge in [-0.1, -0.05) is 0 Å². The maximum absolute atomic E-state index is 5.70. The first-order valence-electron chi connectivity index (χ1n) is 5.69. The summed E-state index contributed by atoms with van der Waals surface area (Å²) in [6.45, 7) is 9.48. The van der Waals surface area contributed by atoms with E-state index in [0.29, 0.717) is 19.8 Å². The Morgan fingerprint density at radius 3 is 1.80 bits per heavy atom. The van der Waals surface area contributed by atoms with Gasteiger partial charge in [0.2, 0.25) is 0 Å². The van der Waals surface area contributed by atoms with Crippen molar-refractivity contribution in [1.29, 1.82) is 0 Å². The summed E-state index contributed by atoms with van der Waals surface area (Å²) in [5.41, 5.74) is 5.35. The largest absolute Gasteiger partial charge is 0.500 e. The molecule has 0 spiro atoms. The molecule has 5 heteroatoms. The minimum atomic E-state index is -2.41. The van der Waals surface area contributed by atoms with Crippen LogP contribution in [0.25, 0.3) is 0 Å². The molecule has 0 aromatic heterocycles. The van der Waals surface area contributed by atoms with Crippen molar-refractivity contribution in [2.75, 3.05) is 19.8 Å². The van der Waals surface area contributed by atoms with Crippen LogP contribution in [0.1, 0.15) is 33.6 Å². The van der Waals surface area contributed by atoms with Gasteiger partial charge in [-0.15, -0.1) is 0 Å². The molecule has 15 heavy (non-hydrogen) atoms. The van der Waals surface area contributed by atoms with Crippen molar-refractivity contribution in [1.82, 2.24) is 0 Å². The molecule has 0 aromatic rings. The Hall–Kier alpha value is 0.0569. The zero-order valence-corrected chi connectivity index (χ0v) is 11.1. The van der Waals surface area contributed by atoms with E-state index in [1.54, 1.807) is 6.54 Å². The third kappa shape index (κ3) is 6.27. The molecule has 0 amide bonds. The maximum atomic E-state index is 5.70. The predicted molar refractivity (Wildman–Crippen MR) is 63.2 cm³/mol. The van der Waals surface area contributed by atoms with E-state index in [-0.39, 0.29) is 0 Å². The molecule has 0 saturated carbocycles. The lowest BCUT2D eigenvalue weighted by Crippen LogP contribution is -2.45. The van der Waals surface area contributed by atoms with Gasteiger partial charge in [-0.3, -0.25) is 0 Å². The van der Waals surface area contributed by atoms with Gasteiger partial charge in [-0.05, 0) is 33.6 Å². The van der Waals surface area contributed by atoms with Gasteiger partial charge in [0.05, 0.1) is 0 Å². The molecule has 91 valence electrons. The summed E-state index contributed by atoms with van der Waals surface area (Å²) >= 11 is 0. The van der Waals surface area contributed by atoms with Crippen LogP contribution in [-0.4, -0.2) is 28.6 Å². The Kier molecular flexibility index (Phi) is 9.33. The van der Waals surface area contributed by atoms with E-state index in [1.807, 2.05) is 20.8 Å². The second-order valence-corrected chi connectivity index (χ2v) is 5.84. The monoisotopic (exact) mass is 234 g/mol. The minimum absolute atomic E-state index is 0.637. The van der Waals surface area contributed by atoms with Gasteiger partial charge in [0, 0.05) is 32.4 Å². The number of unbranched alkanes of at least 4 members (excludes halogenated alkanes) is 1. The Balaban J connectivity index is 4.18. The topological polar surface area (TPSA) is 53.7 Å². The third-order valence-electron chi connectivity index (χ3n) is 1.95. The quantitative estimate of drug-likeness (QED) is 0.463. The minimum Gasteiger partial charge on any atom is -0.374 e. The molecule has 0 aliphatic rings. The Bertz CT molecular complexity index is 130. The summed E-state index contributed by atoms with van der Waals surface area (Å²) in [5.74, 6) is 0. The highest BCUT2D eigenvalue weighted by atomic mass is 28.4. The smallest absolute Gasteiger partial charge is 0.374 e. The zero-order chi connectivity index (χ0) is 11.6. The van der Waals surface area contributed by atoms with Crippen LogP contribution in [-0.2, 0) is 13.3 Å². The highest BCUT2D eigenvalue weighted by molar-refractivity contribution is 6.60. The van der Waals surface area contributed by atoms with E-state index in [4.69, 9.17) is 19.0 Å². The molecule has 0 bridgehead atoms. The average Bonchev–Trinajstić information content (AvgIpc) is 2.19. The van der Waals surface area contributed by atoms with E-state index in [0.717, 1.165) is 18.9 Å². The second kappa shape index (κ2) is 9.29. The molecule has 0 aromatic carbocycles. The molecule has 0 aliphatic heterocycles. The predicted octanol–water partition coefficient (Wildman–Crippen LogP) is 1.94. The number of rotatable bonds is 10. The summed E-state index contributed by atoms with van der Waals surface area (Å²) in [4.78, 5) is 0. The van der Waals surface area contributed by atoms with Gasteiger partial charge in [0.15, 0.2) is 0 Å². The van der Waals surface area contributed by atoms with E-state index in [2.05, 4.69) is 0 Å². The van der Waals surface area contributed by atoms with Crippen LogP contribution in [0.15, 0.2) is 0 Å². The SMILES string of the molecule is CCO[Si](CCC[CH]N)(OCC)OCC. The van der Waals surface area contributed by atoms with Gasteiger partial charge in [0.25, 0.3) is 0 Å². The van der Waals surface area contributed by atoms with Gasteiger partial charge < -0.3 is 19.0 Å². The number of nitrogens with two attached hydrogens (primary N) is 1. The summed E-state index contributed by atoms with van der Waals surface area (Å²) in [5, 5.41) is 0. The number of hydrogen-bond donors (Lipinski definition) is 1. The molecule has 0 atom stereocenters. The molecule has 0 saturated heterocycles. The average molecular weight is 234 g/mol. The number of hydrogen-bond acceptors (Lipinski definition) is 4. The fourth-order valence-corrected chi connectivity index (χ4v) is 4.08. The molecule has 0 fully saturated rings. The molecule has 1 radical (unpaired) electrons. The zero-order valence-electron chi connectivity index (χ0n) is 10.1. The molecule has 0 aliphatic carbocycles. The first-order valence-corrected chi connectivity index (χ1v) is 7.63. The Morgan fingerprint density at radius 1 is 1.00 bits per heavy atom. The highest BCUT2D eigenvalue weighted by Crippen LogP contribution is 2.19. The van der Waals surface area contributed by atoms with Crippen LogP contribution in [0.5, 0.6) is 0 Å². The van der Waals surface area contributed by atoms with Crippen LogP contribution < -0.4 is 5.73 Å². The Labute approximate surface area is 94.5 Å². The molecule has 0 heterocycles. The van der Waals surface area contributed by atoms with Gasteiger partial charge in [-0.2, -0.15) is 0 Å². The summed E-state index contributed by atoms with van der Waals surface area (Å²) < 4.78 is 17.1. The van der Waals surface area contributed by atoms with Crippen LogP contribution in [0.4, 0.5) is 0 Å². The van der Waals surface area contributed by atoms with Crippen molar-refractivity contribution in [3.63, 3.8) is 0 Å². The van der Waals surface area contributed by atoms with E-state index < -0.39 is 8.80 Å². The maximum Gasteiger partial charge on any atom is 0.500 e. The van der Waals surface area contributed by atoms with E-state index >= 15 is 0 Å². The van der Waals surface area contributed by atoms with Crippen LogP contribution in [0, 0.1) is 6.54 Å². The lowest BCUT2D eigenvalue weighted by molar-refractivity contribution is 0.0708. The fraction of sp³-hybridized carbons (Fsp3) is 0.900. The van der Waals surface area contributed by atoms with Crippen LogP contribution in [0.3, 0.4) is 0 Å². The fourth-order valence-electron chi connectivity index (χ4n) is 1.44. The van der Waals surface area contributed by atoms with Crippen molar-refractivity contribution >= 4 is 8.80 Å². The first-order chi connectivity index (χ1) is 7.24. The second-order valence-electron chi connectivity index (χ2n) is 3.11. The molecule has 0 unspecified atom stereocenters. The summed E-state index contributed by atoms with van der Waals surface area (Å²) in [7, 11) is -2.41. The molecular weight excluding hydrogens is 210 g/mol. The van der Waals surface area contributed by atoms with Crippen molar-refractivity contribution in [2.24, 2.45) is 5.73 Å². The normalized spacial score (nSPS) is 12.0. The van der Waals surface area contributed by atoms with Gasteiger partial charge >= 0.3 is 8.80 Å². The summed E-state index contributed by atoms with van der Waals surface area (Å²) in [6, 6.07) is 0.843.